The second kappa shape index (κ2) is 9.95. The summed E-state index contributed by atoms with van der Waals surface area (Å²) < 4.78 is 38.8. The smallest absolute Gasteiger partial charge is 0.264 e. The molecular formula is C25H28N2O5S. The molecule has 0 aromatic heterocycles. The zero-order chi connectivity index (χ0) is 24.2. The van der Waals surface area contributed by atoms with Gasteiger partial charge in [0.05, 0.1) is 30.5 Å². The zero-order valence-electron chi connectivity index (χ0n) is 19.4. The predicted octanol–water partition coefficient (Wildman–Crippen LogP) is 4.46. The molecule has 3 rings (SSSR count). The fourth-order valence-corrected chi connectivity index (χ4v) is 4.93. The number of carbonyl (C=O) groups excluding carboxylic acids is 1. The third-order valence-corrected chi connectivity index (χ3v) is 6.97. The van der Waals surface area contributed by atoms with Gasteiger partial charge in [-0.05, 0) is 56.7 Å². The molecule has 0 atom stereocenters. The average molecular weight is 469 g/mol. The molecule has 0 aliphatic heterocycles. The van der Waals surface area contributed by atoms with Crippen LogP contribution in [-0.2, 0) is 14.8 Å². The Labute approximate surface area is 195 Å². The molecule has 8 heteroatoms. The second-order valence-corrected chi connectivity index (χ2v) is 9.59. The van der Waals surface area contributed by atoms with E-state index in [4.69, 9.17) is 9.47 Å². The van der Waals surface area contributed by atoms with Crippen LogP contribution in [0.2, 0.25) is 0 Å². The van der Waals surface area contributed by atoms with Gasteiger partial charge in [0.1, 0.15) is 18.0 Å². The fraction of sp³-hybridized carbons (Fsp3) is 0.240. The lowest BCUT2D eigenvalue weighted by Crippen LogP contribution is -2.38. The molecule has 0 heterocycles. The third-order valence-electron chi connectivity index (χ3n) is 5.20. The first kappa shape index (κ1) is 24.1. The van der Waals surface area contributed by atoms with Crippen LogP contribution >= 0.6 is 0 Å². The standard InChI is InChI=1S/C25H28N2O5S/c1-17-6-10-21(11-7-17)33(29,30)27(23-13-8-18(2)14-19(23)3)16-25(28)26-22-12-9-20(31-4)15-24(22)32-5/h6-15H,16H2,1-5H3,(H,26,28). The van der Waals surface area contributed by atoms with Crippen LogP contribution in [0.1, 0.15) is 16.7 Å². The first-order valence-electron chi connectivity index (χ1n) is 10.3. The molecule has 174 valence electrons. The molecule has 0 aliphatic carbocycles. The number of methoxy groups -OCH3 is 2. The highest BCUT2D eigenvalue weighted by atomic mass is 32.2. The Hall–Kier alpha value is -3.52. The number of anilines is 2. The second-order valence-electron chi connectivity index (χ2n) is 7.73. The molecule has 0 saturated heterocycles. The SMILES string of the molecule is COc1ccc(NC(=O)CN(c2ccc(C)cc2C)S(=O)(=O)c2ccc(C)cc2)c(OC)c1. The van der Waals surface area contributed by atoms with E-state index in [1.807, 2.05) is 32.9 Å². The van der Waals surface area contributed by atoms with Crippen LogP contribution < -0.4 is 19.1 Å². The molecule has 0 bridgehead atoms. The van der Waals surface area contributed by atoms with Crippen molar-refractivity contribution in [3.63, 3.8) is 0 Å². The van der Waals surface area contributed by atoms with E-state index < -0.39 is 22.5 Å². The van der Waals surface area contributed by atoms with Gasteiger partial charge in [-0.15, -0.1) is 0 Å². The summed E-state index contributed by atoms with van der Waals surface area (Å²) in [5, 5.41) is 2.75. The van der Waals surface area contributed by atoms with Crippen molar-refractivity contribution in [2.75, 3.05) is 30.4 Å². The average Bonchev–Trinajstić information content (AvgIpc) is 2.78. The third kappa shape index (κ3) is 5.46. The summed E-state index contributed by atoms with van der Waals surface area (Å²) in [5.41, 5.74) is 3.54. The van der Waals surface area contributed by atoms with Gasteiger partial charge in [0.2, 0.25) is 5.91 Å². The van der Waals surface area contributed by atoms with Crippen LogP contribution in [0.25, 0.3) is 0 Å². The monoisotopic (exact) mass is 468 g/mol. The maximum Gasteiger partial charge on any atom is 0.264 e. The lowest BCUT2D eigenvalue weighted by molar-refractivity contribution is -0.114. The number of benzene rings is 3. The number of hydrogen-bond acceptors (Lipinski definition) is 5. The first-order valence-corrected chi connectivity index (χ1v) is 11.8. The van der Waals surface area contributed by atoms with Gasteiger partial charge >= 0.3 is 0 Å². The van der Waals surface area contributed by atoms with Crippen molar-refractivity contribution < 1.29 is 22.7 Å². The van der Waals surface area contributed by atoms with Gasteiger partial charge in [-0.1, -0.05) is 35.4 Å². The molecule has 0 saturated carbocycles. The Kier molecular flexibility index (Phi) is 7.28. The molecule has 1 amide bonds. The number of ether oxygens (including phenoxy) is 2. The maximum absolute atomic E-state index is 13.6. The summed E-state index contributed by atoms with van der Waals surface area (Å²) in [4.78, 5) is 13.1. The van der Waals surface area contributed by atoms with Gasteiger partial charge in [-0.3, -0.25) is 9.10 Å². The van der Waals surface area contributed by atoms with Crippen molar-refractivity contribution >= 4 is 27.3 Å². The normalized spacial score (nSPS) is 11.1. The Morgan fingerprint density at radius 1 is 0.879 bits per heavy atom. The van der Waals surface area contributed by atoms with Crippen molar-refractivity contribution in [1.82, 2.24) is 0 Å². The summed E-state index contributed by atoms with van der Waals surface area (Å²) in [5.74, 6) is 0.472. The Morgan fingerprint density at radius 3 is 2.15 bits per heavy atom. The van der Waals surface area contributed by atoms with Crippen LogP contribution in [0.15, 0.2) is 65.6 Å². The van der Waals surface area contributed by atoms with E-state index in [0.717, 1.165) is 21.0 Å². The predicted molar refractivity (Wildman–Crippen MR) is 130 cm³/mol. The minimum absolute atomic E-state index is 0.114. The van der Waals surface area contributed by atoms with E-state index in [2.05, 4.69) is 5.32 Å². The minimum Gasteiger partial charge on any atom is -0.497 e. The molecule has 1 N–H and O–H groups in total. The summed E-state index contributed by atoms with van der Waals surface area (Å²) in [6.45, 7) is 5.23. The summed E-state index contributed by atoms with van der Waals surface area (Å²) in [6.07, 6.45) is 0. The number of rotatable bonds is 8. The molecule has 0 aliphatic rings. The largest absolute Gasteiger partial charge is 0.497 e. The van der Waals surface area contributed by atoms with Crippen molar-refractivity contribution in [3.8, 4) is 11.5 Å². The van der Waals surface area contributed by atoms with E-state index in [-0.39, 0.29) is 4.90 Å². The highest BCUT2D eigenvalue weighted by Gasteiger charge is 2.28. The van der Waals surface area contributed by atoms with E-state index in [1.54, 1.807) is 48.5 Å². The van der Waals surface area contributed by atoms with Gasteiger partial charge in [-0.2, -0.15) is 0 Å². The molecule has 3 aromatic carbocycles. The lowest BCUT2D eigenvalue weighted by Gasteiger charge is -2.26. The first-order chi connectivity index (χ1) is 15.6. The molecule has 33 heavy (non-hydrogen) atoms. The Balaban J connectivity index is 1.98. The molecule has 3 aromatic rings. The van der Waals surface area contributed by atoms with Gasteiger partial charge in [0.15, 0.2) is 0 Å². The number of hydrogen-bond donors (Lipinski definition) is 1. The van der Waals surface area contributed by atoms with Gasteiger partial charge in [-0.25, -0.2) is 8.42 Å². The van der Waals surface area contributed by atoms with E-state index in [1.165, 1.54) is 14.2 Å². The zero-order valence-corrected chi connectivity index (χ0v) is 20.2. The number of nitrogens with zero attached hydrogens (tertiary/aromatic N) is 1. The maximum atomic E-state index is 13.6. The van der Waals surface area contributed by atoms with Crippen LogP contribution in [-0.4, -0.2) is 35.1 Å². The quantitative estimate of drug-likeness (QED) is 0.528. The summed E-state index contributed by atoms with van der Waals surface area (Å²) in [6, 6.07) is 17.0. The van der Waals surface area contributed by atoms with Gasteiger partial charge < -0.3 is 14.8 Å². The Morgan fingerprint density at radius 2 is 1.55 bits per heavy atom. The summed E-state index contributed by atoms with van der Waals surface area (Å²) in [7, 11) is -0.986. The van der Waals surface area contributed by atoms with E-state index in [9.17, 15) is 13.2 Å². The van der Waals surface area contributed by atoms with Crippen LogP contribution in [0.5, 0.6) is 11.5 Å². The van der Waals surface area contributed by atoms with Crippen LogP contribution in [0, 0.1) is 20.8 Å². The highest BCUT2D eigenvalue weighted by Crippen LogP contribution is 2.30. The minimum atomic E-state index is -4.00. The number of nitrogens with one attached hydrogen (secondary N) is 1. The molecule has 0 radical (unpaired) electrons. The van der Waals surface area contributed by atoms with Crippen molar-refractivity contribution in [2.24, 2.45) is 0 Å². The molecular weight excluding hydrogens is 440 g/mol. The van der Waals surface area contributed by atoms with Gasteiger partial charge in [0.25, 0.3) is 10.0 Å². The fourth-order valence-electron chi connectivity index (χ4n) is 3.44. The molecule has 7 nitrogen and oxygen atoms in total. The number of amides is 1. The summed E-state index contributed by atoms with van der Waals surface area (Å²) >= 11 is 0. The molecule has 0 unspecified atom stereocenters. The van der Waals surface area contributed by atoms with Crippen molar-refractivity contribution in [3.05, 3.63) is 77.4 Å². The molecule has 0 fully saturated rings. The highest BCUT2D eigenvalue weighted by molar-refractivity contribution is 7.92. The van der Waals surface area contributed by atoms with Gasteiger partial charge in [0, 0.05) is 6.07 Å². The van der Waals surface area contributed by atoms with Crippen molar-refractivity contribution in [1.29, 1.82) is 0 Å². The van der Waals surface area contributed by atoms with Crippen LogP contribution in [0.4, 0.5) is 11.4 Å². The molecule has 0 spiro atoms. The van der Waals surface area contributed by atoms with E-state index >= 15 is 0 Å². The van der Waals surface area contributed by atoms with Crippen molar-refractivity contribution in [2.45, 2.75) is 25.7 Å². The Bertz CT molecular complexity index is 1250. The van der Waals surface area contributed by atoms with E-state index in [0.29, 0.717) is 22.9 Å². The lowest BCUT2D eigenvalue weighted by atomic mass is 10.1. The number of carbonyl (C=O) groups is 1. The number of sulfonamides is 1. The van der Waals surface area contributed by atoms with Crippen LogP contribution in [0.3, 0.4) is 0 Å². The topological polar surface area (TPSA) is 84.9 Å². The number of aryl methyl sites for hydroxylation is 3.